The van der Waals surface area contributed by atoms with E-state index in [1.807, 2.05) is 25.4 Å². The van der Waals surface area contributed by atoms with Gasteiger partial charge in [-0.3, -0.25) is 4.68 Å². The number of benzene rings is 1. The fourth-order valence-electron chi connectivity index (χ4n) is 1.98. The van der Waals surface area contributed by atoms with E-state index >= 15 is 0 Å². The number of hydrogen-bond acceptors (Lipinski definition) is 3. The van der Waals surface area contributed by atoms with Gasteiger partial charge in [-0.1, -0.05) is 18.7 Å². The van der Waals surface area contributed by atoms with Crippen molar-refractivity contribution < 1.29 is 8.78 Å². The number of anilines is 1. The van der Waals surface area contributed by atoms with Crippen molar-refractivity contribution in [1.82, 2.24) is 9.78 Å². The van der Waals surface area contributed by atoms with Gasteiger partial charge in [0.2, 0.25) is 0 Å². The van der Waals surface area contributed by atoms with Gasteiger partial charge in [0.1, 0.15) is 0 Å². The fraction of sp³-hybridized carbons (Fsp3) is 0.357. The smallest absolute Gasteiger partial charge is 0.288 e. The van der Waals surface area contributed by atoms with Crippen LogP contribution in [0, 0.1) is 0 Å². The minimum Gasteiger partial charge on any atom is -0.381 e. The summed E-state index contributed by atoms with van der Waals surface area (Å²) in [4.78, 5) is 0.571. The highest BCUT2D eigenvalue weighted by Crippen LogP contribution is 2.26. The Bertz CT molecular complexity index is 552. The molecule has 0 bridgehead atoms. The predicted molar refractivity (Wildman–Crippen MR) is 78.2 cm³/mol. The van der Waals surface area contributed by atoms with Crippen molar-refractivity contribution in [2.24, 2.45) is 7.05 Å². The minimum atomic E-state index is -2.38. The maximum Gasteiger partial charge on any atom is 0.288 e. The van der Waals surface area contributed by atoms with Crippen LogP contribution in [0.3, 0.4) is 0 Å². The van der Waals surface area contributed by atoms with Crippen LogP contribution in [0.1, 0.15) is 18.2 Å². The molecule has 0 saturated heterocycles. The molecule has 0 aliphatic carbocycles. The Balaban J connectivity index is 1.96. The zero-order chi connectivity index (χ0) is 14.5. The van der Waals surface area contributed by atoms with Crippen LogP contribution in [-0.2, 0) is 20.0 Å². The highest BCUT2D eigenvalue weighted by Gasteiger charge is 2.07. The Labute approximate surface area is 121 Å². The van der Waals surface area contributed by atoms with E-state index in [2.05, 4.69) is 17.3 Å². The van der Waals surface area contributed by atoms with E-state index in [0.717, 1.165) is 23.4 Å². The third-order valence-corrected chi connectivity index (χ3v) is 3.61. The zero-order valence-corrected chi connectivity index (χ0v) is 12.3. The molecule has 0 fully saturated rings. The van der Waals surface area contributed by atoms with Crippen molar-refractivity contribution in [3.63, 3.8) is 0 Å². The topological polar surface area (TPSA) is 29.9 Å². The molecule has 0 aliphatic heterocycles. The predicted octanol–water partition coefficient (Wildman–Crippen LogP) is 3.91. The third-order valence-electron chi connectivity index (χ3n) is 2.89. The van der Waals surface area contributed by atoms with Crippen LogP contribution < -0.4 is 5.32 Å². The van der Waals surface area contributed by atoms with Crippen molar-refractivity contribution >= 4 is 17.4 Å². The molecule has 0 radical (unpaired) electrons. The average Bonchev–Trinajstić information content (AvgIpc) is 2.78. The van der Waals surface area contributed by atoms with Crippen LogP contribution in [0.25, 0.3) is 0 Å². The van der Waals surface area contributed by atoms with E-state index in [1.165, 1.54) is 0 Å². The molecule has 1 aromatic heterocycles. The standard InChI is InChI=1S/C14H17F2N3S/c1-3-13-10(9-19(2)18-13)8-17-11-4-6-12(7-5-11)20-14(15)16/h4-7,9,14,17H,3,8H2,1-2H3. The molecule has 0 atom stereocenters. The summed E-state index contributed by atoms with van der Waals surface area (Å²) in [6, 6.07) is 7.02. The van der Waals surface area contributed by atoms with Gasteiger partial charge in [-0.2, -0.15) is 13.9 Å². The maximum atomic E-state index is 12.2. The third kappa shape index (κ3) is 3.96. The van der Waals surface area contributed by atoms with Crippen molar-refractivity contribution in [1.29, 1.82) is 0 Å². The Morgan fingerprint density at radius 2 is 2.00 bits per heavy atom. The lowest BCUT2D eigenvalue weighted by Crippen LogP contribution is -2.00. The number of hydrogen-bond donors (Lipinski definition) is 1. The van der Waals surface area contributed by atoms with Crippen molar-refractivity contribution in [3.8, 4) is 0 Å². The molecule has 0 unspecified atom stereocenters. The van der Waals surface area contributed by atoms with Crippen molar-refractivity contribution in [2.45, 2.75) is 30.5 Å². The van der Waals surface area contributed by atoms with Crippen molar-refractivity contribution in [2.75, 3.05) is 5.32 Å². The normalized spacial score (nSPS) is 11.1. The molecule has 3 nitrogen and oxygen atoms in total. The lowest BCUT2D eigenvalue weighted by Gasteiger charge is -2.07. The minimum absolute atomic E-state index is 0.557. The molecule has 0 spiro atoms. The SMILES string of the molecule is CCc1nn(C)cc1CNc1ccc(SC(F)F)cc1. The van der Waals surface area contributed by atoms with Gasteiger partial charge in [-0.25, -0.2) is 0 Å². The molecular formula is C14H17F2N3S. The molecule has 1 heterocycles. The summed E-state index contributed by atoms with van der Waals surface area (Å²) in [6.45, 7) is 2.75. The van der Waals surface area contributed by atoms with Gasteiger partial charge < -0.3 is 5.32 Å². The lowest BCUT2D eigenvalue weighted by atomic mass is 10.2. The van der Waals surface area contributed by atoms with Gasteiger partial charge in [0.15, 0.2) is 0 Å². The quantitative estimate of drug-likeness (QED) is 0.820. The maximum absolute atomic E-state index is 12.2. The number of alkyl halides is 2. The van der Waals surface area contributed by atoms with E-state index in [0.29, 0.717) is 23.2 Å². The van der Waals surface area contributed by atoms with Crippen LogP contribution in [0.5, 0.6) is 0 Å². The lowest BCUT2D eigenvalue weighted by molar-refractivity contribution is 0.252. The summed E-state index contributed by atoms with van der Waals surface area (Å²) < 4.78 is 26.2. The first kappa shape index (κ1) is 14.8. The highest BCUT2D eigenvalue weighted by atomic mass is 32.2. The van der Waals surface area contributed by atoms with Crippen LogP contribution in [0.4, 0.5) is 14.5 Å². The number of aryl methyl sites for hydroxylation is 2. The molecule has 108 valence electrons. The summed E-state index contributed by atoms with van der Waals surface area (Å²) in [7, 11) is 1.90. The second kappa shape index (κ2) is 6.74. The number of thioether (sulfide) groups is 1. The molecule has 0 saturated carbocycles. The second-order valence-corrected chi connectivity index (χ2v) is 5.45. The monoisotopic (exact) mass is 297 g/mol. The molecule has 1 aromatic carbocycles. The summed E-state index contributed by atoms with van der Waals surface area (Å²) in [5.74, 6) is -2.38. The number of aromatic nitrogens is 2. The van der Waals surface area contributed by atoms with Crippen LogP contribution in [-0.4, -0.2) is 15.5 Å². The Hall–Kier alpha value is -1.56. The molecule has 0 amide bonds. The summed E-state index contributed by atoms with van der Waals surface area (Å²) in [5.41, 5.74) is 3.14. The van der Waals surface area contributed by atoms with Crippen LogP contribution in [0.2, 0.25) is 0 Å². The summed E-state index contributed by atoms with van der Waals surface area (Å²) in [5, 5.41) is 7.66. The summed E-state index contributed by atoms with van der Waals surface area (Å²) >= 11 is 0.557. The zero-order valence-electron chi connectivity index (χ0n) is 11.4. The van der Waals surface area contributed by atoms with Gasteiger partial charge in [0.05, 0.1) is 5.69 Å². The highest BCUT2D eigenvalue weighted by molar-refractivity contribution is 7.99. The van der Waals surface area contributed by atoms with E-state index in [4.69, 9.17) is 0 Å². The van der Waals surface area contributed by atoms with E-state index in [1.54, 1.807) is 16.8 Å². The molecule has 20 heavy (non-hydrogen) atoms. The van der Waals surface area contributed by atoms with E-state index < -0.39 is 5.76 Å². The van der Waals surface area contributed by atoms with Gasteiger partial charge in [-0.05, 0) is 30.7 Å². The van der Waals surface area contributed by atoms with E-state index in [-0.39, 0.29) is 0 Å². The molecule has 6 heteroatoms. The largest absolute Gasteiger partial charge is 0.381 e. The Morgan fingerprint density at radius 3 is 2.60 bits per heavy atom. The molecule has 2 rings (SSSR count). The number of nitrogens with zero attached hydrogens (tertiary/aromatic N) is 2. The van der Waals surface area contributed by atoms with Crippen molar-refractivity contribution in [3.05, 3.63) is 41.7 Å². The Kier molecular flexibility index (Phi) is 5.00. The Morgan fingerprint density at radius 1 is 1.30 bits per heavy atom. The van der Waals surface area contributed by atoms with Gasteiger partial charge in [0, 0.05) is 35.9 Å². The second-order valence-electron chi connectivity index (χ2n) is 4.38. The first-order chi connectivity index (χ1) is 9.58. The fourth-order valence-corrected chi connectivity index (χ4v) is 2.48. The molecule has 0 aliphatic rings. The molecule has 2 aromatic rings. The van der Waals surface area contributed by atoms with Crippen LogP contribution >= 0.6 is 11.8 Å². The number of rotatable bonds is 6. The molecular weight excluding hydrogens is 280 g/mol. The van der Waals surface area contributed by atoms with Gasteiger partial charge >= 0.3 is 0 Å². The van der Waals surface area contributed by atoms with Crippen LogP contribution in [0.15, 0.2) is 35.4 Å². The average molecular weight is 297 g/mol. The number of nitrogens with one attached hydrogen (secondary N) is 1. The van der Waals surface area contributed by atoms with E-state index in [9.17, 15) is 8.78 Å². The van der Waals surface area contributed by atoms with Gasteiger partial charge in [0.25, 0.3) is 5.76 Å². The first-order valence-electron chi connectivity index (χ1n) is 6.38. The number of halogens is 2. The first-order valence-corrected chi connectivity index (χ1v) is 7.26. The summed E-state index contributed by atoms with van der Waals surface area (Å²) in [6.07, 6.45) is 2.88. The molecule has 1 N–H and O–H groups in total. The van der Waals surface area contributed by atoms with Gasteiger partial charge in [-0.15, -0.1) is 0 Å².